The van der Waals surface area contributed by atoms with E-state index >= 15 is 0 Å². The Kier molecular flexibility index (Phi) is 11.5. The quantitative estimate of drug-likeness (QED) is 0.283. The number of anilines is 1. The fraction of sp³-hybridized carbons (Fsp3) is 0.394. The number of carbonyl (C=O) groups is 2. The first-order chi connectivity index (χ1) is 19.5. The van der Waals surface area contributed by atoms with Gasteiger partial charge in [-0.05, 0) is 54.5 Å². The molecule has 3 aromatic rings. The molecule has 2 amide bonds. The highest BCUT2D eigenvalue weighted by Gasteiger charge is 2.30. The molecule has 0 aliphatic rings. The smallest absolute Gasteiger partial charge is 0.243 e. The zero-order valence-corrected chi connectivity index (χ0v) is 25.7. The van der Waals surface area contributed by atoms with Gasteiger partial charge in [0.15, 0.2) is 0 Å². The van der Waals surface area contributed by atoms with Crippen molar-refractivity contribution in [1.82, 2.24) is 10.2 Å². The number of hydrogen-bond acceptors (Lipinski definition) is 4. The van der Waals surface area contributed by atoms with Gasteiger partial charge in [-0.25, -0.2) is 8.42 Å². The first-order valence-corrected chi connectivity index (χ1v) is 16.0. The highest BCUT2D eigenvalue weighted by molar-refractivity contribution is 7.92. The monoisotopic (exact) mass is 577 g/mol. The molecule has 220 valence electrons. The maximum Gasteiger partial charge on any atom is 0.243 e. The average Bonchev–Trinajstić information content (AvgIpc) is 2.93. The molecular weight excluding hydrogens is 534 g/mol. The predicted octanol–water partition coefficient (Wildman–Crippen LogP) is 5.26. The molecule has 1 unspecified atom stereocenters. The normalized spacial score (nSPS) is 12.1. The lowest BCUT2D eigenvalue weighted by Crippen LogP contribution is -2.51. The van der Waals surface area contributed by atoms with Crippen LogP contribution in [0.2, 0.25) is 0 Å². The summed E-state index contributed by atoms with van der Waals surface area (Å²) in [5.41, 5.74) is 4.31. The van der Waals surface area contributed by atoms with Gasteiger partial charge >= 0.3 is 0 Å². The van der Waals surface area contributed by atoms with E-state index in [1.54, 1.807) is 4.90 Å². The van der Waals surface area contributed by atoms with Crippen LogP contribution in [0, 0.1) is 19.8 Å². The second-order valence-electron chi connectivity index (χ2n) is 11.1. The van der Waals surface area contributed by atoms with Crippen molar-refractivity contribution in [2.24, 2.45) is 5.92 Å². The molecular formula is C33H43N3O4S. The van der Waals surface area contributed by atoms with Crippen LogP contribution >= 0.6 is 0 Å². The Balaban J connectivity index is 1.87. The Morgan fingerprint density at radius 2 is 1.49 bits per heavy atom. The van der Waals surface area contributed by atoms with Crippen LogP contribution in [0.25, 0.3) is 0 Å². The van der Waals surface area contributed by atoms with Gasteiger partial charge in [0, 0.05) is 32.5 Å². The number of sulfonamides is 1. The number of nitrogens with zero attached hydrogens (tertiary/aromatic N) is 2. The van der Waals surface area contributed by atoms with Crippen molar-refractivity contribution >= 4 is 27.5 Å². The number of carbonyl (C=O) groups excluding carboxylic acids is 2. The van der Waals surface area contributed by atoms with Crippen LogP contribution in [0.1, 0.15) is 48.9 Å². The van der Waals surface area contributed by atoms with Crippen LogP contribution in [0.4, 0.5) is 5.69 Å². The number of rotatable bonds is 14. The SMILES string of the molecule is Cc1ccc(C)c(N(CCCC(=O)N(Cc2ccccc2)C(Cc2ccccc2)C(=O)NCC(C)C)S(C)(=O)=O)c1. The summed E-state index contributed by atoms with van der Waals surface area (Å²) in [5, 5.41) is 3.03. The highest BCUT2D eigenvalue weighted by atomic mass is 32.2. The second-order valence-corrected chi connectivity index (χ2v) is 13.0. The van der Waals surface area contributed by atoms with Gasteiger partial charge < -0.3 is 10.2 Å². The van der Waals surface area contributed by atoms with E-state index < -0.39 is 16.1 Å². The molecule has 0 radical (unpaired) electrons. The lowest BCUT2D eigenvalue weighted by Gasteiger charge is -2.32. The topological polar surface area (TPSA) is 86.8 Å². The average molecular weight is 578 g/mol. The Morgan fingerprint density at radius 1 is 0.878 bits per heavy atom. The molecule has 0 aliphatic heterocycles. The van der Waals surface area contributed by atoms with Crippen molar-refractivity contribution in [3.8, 4) is 0 Å². The van der Waals surface area contributed by atoms with Crippen LogP contribution in [0.15, 0.2) is 78.9 Å². The van der Waals surface area contributed by atoms with Gasteiger partial charge in [-0.2, -0.15) is 0 Å². The number of hydrogen-bond donors (Lipinski definition) is 1. The van der Waals surface area contributed by atoms with Crippen molar-refractivity contribution in [3.63, 3.8) is 0 Å². The van der Waals surface area contributed by atoms with Gasteiger partial charge in [-0.15, -0.1) is 0 Å². The van der Waals surface area contributed by atoms with Crippen LogP contribution in [0.5, 0.6) is 0 Å². The van der Waals surface area contributed by atoms with Gasteiger partial charge in [0.05, 0.1) is 11.9 Å². The molecule has 0 aromatic heterocycles. The molecule has 8 heteroatoms. The van der Waals surface area contributed by atoms with E-state index in [-0.39, 0.29) is 37.2 Å². The zero-order chi connectivity index (χ0) is 30.0. The molecule has 0 saturated heterocycles. The van der Waals surface area contributed by atoms with Crippen LogP contribution in [-0.4, -0.2) is 50.5 Å². The lowest BCUT2D eigenvalue weighted by atomic mass is 10.0. The molecule has 0 aliphatic carbocycles. The number of amides is 2. The van der Waals surface area contributed by atoms with Crippen molar-refractivity contribution in [3.05, 3.63) is 101 Å². The van der Waals surface area contributed by atoms with E-state index in [9.17, 15) is 18.0 Å². The minimum absolute atomic E-state index is 0.104. The lowest BCUT2D eigenvalue weighted by molar-refractivity contribution is -0.141. The van der Waals surface area contributed by atoms with E-state index in [4.69, 9.17) is 0 Å². The van der Waals surface area contributed by atoms with E-state index in [2.05, 4.69) is 5.32 Å². The Morgan fingerprint density at radius 3 is 2.07 bits per heavy atom. The third-order valence-corrected chi connectivity index (χ3v) is 8.12. The molecule has 0 heterocycles. The van der Waals surface area contributed by atoms with Crippen LogP contribution < -0.4 is 9.62 Å². The van der Waals surface area contributed by atoms with Crippen LogP contribution in [-0.2, 0) is 32.6 Å². The largest absolute Gasteiger partial charge is 0.354 e. The molecule has 0 spiro atoms. The second kappa shape index (κ2) is 14.8. The molecule has 0 saturated carbocycles. The Labute approximate surface area is 245 Å². The minimum Gasteiger partial charge on any atom is -0.354 e. The molecule has 7 nitrogen and oxygen atoms in total. The summed E-state index contributed by atoms with van der Waals surface area (Å²) >= 11 is 0. The number of benzene rings is 3. The maximum atomic E-state index is 13.9. The molecule has 1 atom stereocenters. The van der Waals surface area contributed by atoms with Crippen LogP contribution in [0.3, 0.4) is 0 Å². The van der Waals surface area contributed by atoms with Gasteiger partial charge in [-0.3, -0.25) is 13.9 Å². The molecule has 0 bridgehead atoms. The van der Waals surface area contributed by atoms with Crippen molar-refractivity contribution in [1.29, 1.82) is 0 Å². The molecule has 0 fully saturated rings. The third-order valence-electron chi connectivity index (χ3n) is 6.94. The van der Waals surface area contributed by atoms with Crippen molar-refractivity contribution in [2.75, 3.05) is 23.7 Å². The minimum atomic E-state index is -3.57. The van der Waals surface area contributed by atoms with Gasteiger partial charge in [-0.1, -0.05) is 86.6 Å². The standard InChI is InChI=1S/C33H43N3O4S/c1-25(2)23-34-33(38)31(22-28-13-8-6-9-14-28)35(24-29-15-10-7-11-16-29)32(37)17-12-20-36(41(5,39)40)30-21-26(3)18-19-27(30)4/h6-11,13-16,18-19,21,25,31H,12,17,20,22-24H2,1-5H3,(H,34,38). The van der Waals surface area contributed by atoms with Gasteiger partial charge in [0.1, 0.15) is 6.04 Å². The van der Waals surface area contributed by atoms with Gasteiger partial charge in [0.2, 0.25) is 21.8 Å². The fourth-order valence-corrected chi connectivity index (χ4v) is 5.74. The van der Waals surface area contributed by atoms with E-state index in [0.717, 1.165) is 22.3 Å². The summed E-state index contributed by atoms with van der Waals surface area (Å²) in [6, 6.07) is 24.3. The summed E-state index contributed by atoms with van der Waals surface area (Å²) in [5.74, 6) is -0.120. The van der Waals surface area contributed by atoms with Crippen molar-refractivity contribution < 1.29 is 18.0 Å². The van der Waals surface area contributed by atoms with Gasteiger partial charge in [0.25, 0.3) is 0 Å². The van der Waals surface area contributed by atoms with Crippen molar-refractivity contribution in [2.45, 2.75) is 59.5 Å². The highest BCUT2D eigenvalue weighted by Crippen LogP contribution is 2.25. The predicted molar refractivity (Wildman–Crippen MR) is 166 cm³/mol. The summed E-state index contributed by atoms with van der Waals surface area (Å²) in [6.07, 6.45) is 1.98. The van der Waals surface area contributed by atoms with E-state index in [1.807, 2.05) is 107 Å². The Bertz CT molecular complexity index is 1390. The first-order valence-electron chi connectivity index (χ1n) is 14.2. The zero-order valence-electron chi connectivity index (χ0n) is 24.8. The molecule has 41 heavy (non-hydrogen) atoms. The van der Waals surface area contributed by atoms with E-state index in [0.29, 0.717) is 25.1 Å². The molecule has 1 N–H and O–H groups in total. The molecule has 3 aromatic carbocycles. The number of aryl methyl sites for hydroxylation is 2. The summed E-state index contributed by atoms with van der Waals surface area (Å²) in [6.45, 7) is 8.81. The van der Waals surface area contributed by atoms with E-state index in [1.165, 1.54) is 10.6 Å². The number of nitrogens with one attached hydrogen (secondary N) is 1. The summed E-state index contributed by atoms with van der Waals surface area (Å²) in [7, 11) is -3.57. The third kappa shape index (κ3) is 9.74. The maximum absolute atomic E-state index is 13.9. The summed E-state index contributed by atoms with van der Waals surface area (Å²) < 4.78 is 26.9. The summed E-state index contributed by atoms with van der Waals surface area (Å²) in [4.78, 5) is 29.1. The fourth-order valence-electron chi connectivity index (χ4n) is 4.73. The molecule has 3 rings (SSSR count). The Hall–Kier alpha value is -3.65. The first kappa shape index (κ1) is 31.9.